The van der Waals surface area contributed by atoms with Crippen molar-refractivity contribution in [1.29, 1.82) is 0 Å². The number of phenols is 1. The number of fused-ring (bicyclic) bond motifs is 3. The highest BCUT2D eigenvalue weighted by Crippen LogP contribution is 2.27. The van der Waals surface area contributed by atoms with Gasteiger partial charge in [0.1, 0.15) is 11.4 Å². The number of nitrogens with zero attached hydrogens (tertiary/aromatic N) is 1. The highest BCUT2D eigenvalue weighted by molar-refractivity contribution is 6.10. The number of amides is 2. The van der Waals surface area contributed by atoms with Gasteiger partial charge in [-0.25, -0.2) is 4.98 Å². The summed E-state index contributed by atoms with van der Waals surface area (Å²) in [6.07, 6.45) is 2.44. The number of phenolic OH excluding ortho intramolecular Hbond substituents is 1. The number of rotatable bonds is 8. The Labute approximate surface area is 185 Å². The fourth-order valence-electron chi connectivity index (χ4n) is 3.80. The predicted molar refractivity (Wildman–Crippen MR) is 125 cm³/mol. The Hall–Kier alpha value is -3.87. The maximum absolute atomic E-state index is 12.6. The smallest absolute Gasteiger partial charge is 0.269 e. The molecule has 0 aliphatic rings. The molecule has 4 N–H and O–H groups in total. The first-order valence-electron chi connectivity index (χ1n) is 10.8. The molecule has 0 radical (unpaired) electrons. The van der Waals surface area contributed by atoms with Gasteiger partial charge in [-0.05, 0) is 50.5 Å². The van der Waals surface area contributed by atoms with E-state index < -0.39 is 0 Å². The van der Waals surface area contributed by atoms with Gasteiger partial charge in [0.2, 0.25) is 0 Å². The Kier molecular flexibility index (Phi) is 6.35. The number of unbranched alkanes of at least 4 members (excludes halogenated alkanes) is 2. The molecule has 0 aliphatic carbocycles. The lowest BCUT2D eigenvalue weighted by atomic mass is 10.1. The molecule has 2 heterocycles. The van der Waals surface area contributed by atoms with Crippen molar-refractivity contribution < 1.29 is 14.7 Å². The van der Waals surface area contributed by atoms with Gasteiger partial charge in [0, 0.05) is 29.4 Å². The van der Waals surface area contributed by atoms with Crippen LogP contribution in [0.3, 0.4) is 0 Å². The molecule has 2 aromatic heterocycles. The zero-order chi connectivity index (χ0) is 22.5. The third kappa shape index (κ3) is 4.56. The molecular weight excluding hydrogens is 404 g/mol. The highest BCUT2D eigenvalue weighted by Gasteiger charge is 2.13. The van der Waals surface area contributed by atoms with Crippen LogP contribution >= 0.6 is 0 Å². The lowest BCUT2D eigenvalue weighted by Crippen LogP contribution is -2.26. The molecule has 7 heteroatoms. The fraction of sp³-hybridized carbons (Fsp3) is 0.240. The SMILES string of the molecule is Cc1nc(C(=O)NCCCCCNC(=O)c2ccccc2O)cc2c1[nH]c1ccccc12. The molecule has 4 aromatic rings. The van der Waals surface area contributed by atoms with Gasteiger partial charge in [-0.3, -0.25) is 9.59 Å². The van der Waals surface area contributed by atoms with E-state index in [4.69, 9.17) is 0 Å². The molecular formula is C25H26N4O3. The number of pyridine rings is 1. The first-order valence-corrected chi connectivity index (χ1v) is 10.8. The van der Waals surface area contributed by atoms with Gasteiger partial charge in [0.05, 0.1) is 16.8 Å². The summed E-state index contributed by atoms with van der Waals surface area (Å²) >= 11 is 0. The average molecular weight is 431 g/mol. The van der Waals surface area contributed by atoms with Crippen molar-refractivity contribution in [2.45, 2.75) is 26.2 Å². The van der Waals surface area contributed by atoms with Crippen molar-refractivity contribution in [3.63, 3.8) is 0 Å². The van der Waals surface area contributed by atoms with Crippen LogP contribution in [0, 0.1) is 6.92 Å². The van der Waals surface area contributed by atoms with Crippen LogP contribution in [0.15, 0.2) is 54.6 Å². The number of nitrogens with one attached hydrogen (secondary N) is 3. The first kappa shape index (κ1) is 21.4. The molecule has 0 bridgehead atoms. The maximum Gasteiger partial charge on any atom is 0.269 e. The summed E-state index contributed by atoms with van der Waals surface area (Å²) in [5, 5.41) is 17.5. The summed E-state index contributed by atoms with van der Waals surface area (Å²) in [5.41, 5.74) is 3.46. The number of aromatic hydroxyl groups is 1. The van der Waals surface area contributed by atoms with Gasteiger partial charge < -0.3 is 20.7 Å². The number of carbonyl (C=O) groups excluding carboxylic acids is 2. The molecule has 0 saturated heterocycles. The van der Waals surface area contributed by atoms with Crippen LogP contribution in [0.25, 0.3) is 21.8 Å². The number of para-hydroxylation sites is 2. The zero-order valence-electron chi connectivity index (χ0n) is 17.9. The fourth-order valence-corrected chi connectivity index (χ4v) is 3.80. The number of hydrogen-bond donors (Lipinski definition) is 4. The second-order valence-corrected chi connectivity index (χ2v) is 7.78. The third-order valence-corrected chi connectivity index (χ3v) is 5.48. The summed E-state index contributed by atoms with van der Waals surface area (Å²) in [6, 6.07) is 16.3. The molecule has 7 nitrogen and oxygen atoms in total. The van der Waals surface area contributed by atoms with Crippen LogP contribution < -0.4 is 10.6 Å². The summed E-state index contributed by atoms with van der Waals surface area (Å²) in [5.74, 6) is -0.499. The number of aromatic nitrogens is 2. The Morgan fingerprint density at radius 2 is 1.59 bits per heavy atom. The lowest BCUT2D eigenvalue weighted by Gasteiger charge is -2.08. The van der Waals surface area contributed by atoms with E-state index in [1.807, 2.05) is 37.3 Å². The largest absolute Gasteiger partial charge is 0.507 e. The predicted octanol–water partition coefficient (Wildman–Crippen LogP) is 4.06. The molecule has 0 fully saturated rings. The minimum absolute atomic E-state index is 0.0256. The lowest BCUT2D eigenvalue weighted by molar-refractivity contribution is 0.0943. The molecule has 2 amide bonds. The first-order chi connectivity index (χ1) is 15.5. The van der Waals surface area contributed by atoms with Crippen LogP contribution in [0.5, 0.6) is 5.75 Å². The number of carbonyl (C=O) groups is 2. The molecule has 0 aliphatic heterocycles. The van der Waals surface area contributed by atoms with Crippen LogP contribution in [-0.2, 0) is 0 Å². The second kappa shape index (κ2) is 9.51. The molecule has 0 atom stereocenters. The van der Waals surface area contributed by atoms with Gasteiger partial charge in [-0.15, -0.1) is 0 Å². The van der Waals surface area contributed by atoms with E-state index in [0.29, 0.717) is 18.8 Å². The van der Waals surface area contributed by atoms with Gasteiger partial charge in [-0.1, -0.05) is 30.3 Å². The van der Waals surface area contributed by atoms with E-state index in [-0.39, 0.29) is 23.1 Å². The topological polar surface area (TPSA) is 107 Å². The minimum atomic E-state index is -0.287. The molecule has 0 saturated carbocycles. The molecule has 0 spiro atoms. The number of hydrogen-bond acceptors (Lipinski definition) is 4. The number of benzene rings is 2. The normalized spacial score (nSPS) is 11.0. The Bertz CT molecular complexity index is 1280. The summed E-state index contributed by atoms with van der Waals surface area (Å²) in [7, 11) is 0. The zero-order valence-corrected chi connectivity index (χ0v) is 17.9. The van der Waals surface area contributed by atoms with Gasteiger partial charge in [0.15, 0.2) is 0 Å². The summed E-state index contributed by atoms with van der Waals surface area (Å²) in [6.45, 7) is 2.95. The average Bonchev–Trinajstić information content (AvgIpc) is 3.18. The van der Waals surface area contributed by atoms with E-state index >= 15 is 0 Å². The van der Waals surface area contributed by atoms with Crippen molar-refractivity contribution in [1.82, 2.24) is 20.6 Å². The molecule has 0 unspecified atom stereocenters. The maximum atomic E-state index is 12.6. The van der Waals surface area contributed by atoms with Crippen molar-refractivity contribution in [2.75, 3.05) is 13.1 Å². The molecule has 4 rings (SSSR count). The minimum Gasteiger partial charge on any atom is -0.507 e. The second-order valence-electron chi connectivity index (χ2n) is 7.78. The van der Waals surface area contributed by atoms with Crippen molar-refractivity contribution in [2.24, 2.45) is 0 Å². The van der Waals surface area contributed by atoms with Crippen molar-refractivity contribution in [3.05, 3.63) is 71.5 Å². The molecule has 32 heavy (non-hydrogen) atoms. The van der Waals surface area contributed by atoms with Crippen LogP contribution in [0.4, 0.5) is 0 Å². The Morgan fingerprint density at radius 3 is 2.38 bits per heavy atom. The van der Waals surface area contributed by atoms with Crippen LogP contribution in [0.1, 0.15) is 45.8 Å². The van der Waals surface area contributed by atoms with E-state index in [2.05, 4.69) is 20.6 Å². The van der Waals surface area contributed by atoms with E-state index in [9.17, 15) is 14.7 Å². The van der Waals surface area contributed by atoms with Gasteiger partial charge in [-0.2, -0.15) is 0 Å². The van der Waals surface area contributed by atoms with E-state index in [0.717, 1.165) is 46.8 Å². The van der Waals surface area contributed by atoms with E-state index in [1.165, 1.54) is 6.07 Å². The quantitative estimate of drug-likeness (QED) is 0.316. The summed E-state index contributed by atoms with van der Waals surface area (Å²) < 4.78 is 0. The number of H-pyrrole nitrogens is 1. The Balaban J connectivity index is 1.24. The van der Waals surface area contributed by atoms with E-state index in [1.54, 1.807) is 18.2 Å². The Morgan fingerprint density at radius 1 is 0.906 bits per heavy atom. The standard InChI is InChI=1S/C25H26N4O3/c1-16-23-19(17-9-3-5-11-20(17)29-23)15-21(28-16)25(32)27-14-8-2-7-13-26-24(31)18-10-4-6-12-22(18)30/h3-6,9-12,15,29-30H,2,7-8,13-14H2,1H3,(H,26,31)(H,27,32). The monoisotopic (exact) mass is 430 g/mol. The number of aryl methyl sites for hydroxylation is 1. The van der Waals surface area contributed by atoms with Crippen molar-refractivity contribution >= 4 is 33.6 Å². The van der Waals surface area contributed by atoms with Gasteiger partial charge in [0.25, 0.3) is 11.8 Å². The molecule has 164 valence electrons. The highest BCUT2D eigenvalue weighted by atomic mass is 16.3. The van der Waals surface area contributed by atoms with Gasteiger partial charge >= 0.3 is 0 Å². The number of aromatic amines is 1. The third-order valence-electron chi connectivity index (χ3n) is 5.48. The van der Waals surface area contributed by atoms with Crippen LogP contribution in [0.2, 0.25) is 0 Å². The molecule has 2 aromatic carbocycles. The van der Waals surface area contributed by atoms with Crippen molar-refractivity contribution in [3.8, 4) is 5.75 Å². The van der Waals surface area contributed by atoms with Crippen LogP contribution in [-0.4, -0.2) is 40.0 Å². The summed E-state index contributed by atoms with van der Waals surface area (Å²) in [4.78, 5) is 32.5.